The molecule has 2 N–H and O–H groups in total. The van der Waals surface area contributed by atoms with E-state index in [2.05, 4.69) is 9.71 Å². The molecular formula is C12H17N3O4S. The van der Waals surface area contributed by atoms with Crippen LogP contribution in [0, 0.1) is 6.92 Å². The van der Waals surface area contributed by atoms with Gasteiger partial charge >= 0.3 is 16.2 Å². The Kier molecular flexibility index (Phi) is 4.24. The molecule has 0 aromatic carbocycles. The summed E-state index contributed by atoms with van der Waals surface area (Å²) >= 11 is 0. The van der Waals surface area contributed by atoms with Crippen LogP contribution in [0.4, 0.5) is 5.69 Å². The van der Waals surface area contributed by atoms with Crippen LogP contribution in [0.15, 0.2) is 18.3 Å². The highest BCUT2D eigenvalue weighted by Gasteiger charge is 2.36. The number of nitrogens with one attached hydrogen (secondary N) is 1. The van der Waals surface area contributed by atoms with Crippen LogP contribution in [0.25, 0.3) is 0 Å². The lowest BCUT2D eigenvalue weighted by Gasteiger charge is -2.31. The Labute approximate surface area is 117 Å². The summed E-state index contributed by atoms with van der Waals surface area (Å²) in [5.41, 5.74) is 1.06. The number of pyridine rings is 1. The average Bonchev–Trinajstić information content (AvgIpc) is 2.38. The first-order chi connectivity index (χ1) is 9.40. The van der Waals surface area contributed by atoms with Crippen molar-refractivity contribution in [2.75, 3.05) is 11.3 Å². The molecular weight excluding hydrogens is 282 g/mol. The first kappa shape index (κ1) is 14.7. The zero-order valence-corrected chi connectivity index (χ0v) is 11.9. The summed E-state index contributed by atoms with van der Waals surface area (Å²) in [4.78, 5) is 15.2. The molecule has 2 heterocycles. The molecule has 1 aromatic rings. The summed E-state index contributed by atoms with van der Waals surface area (Å²) in [7, 11) is -3.87. The van der Waals surface area contributed by atoms with Gasteiger partial charge in [0.25, 0.3) is 0 Å². The Balaban J connectivity index is 2.22. The summed E-state index contributed by atoms with van der Waals surface area (Å²) in [5, 5.41) is 9.14. The number of carboxylic acid groups (broad SMARTS) is 1. The second kappa shape index (κ2) is 5.76. The van der Waals surface area contributed by atoms with Gasteiger partial charge in [0.2, 0.25) is 0 Å². The smallest absolute Gasteiger partial charge is 0.322 e. The van der Waals surface area contributed by atoms with Gasteiger partial charge in [-0.1, -0.05) is 0 Å². The number of hydrogen-bond acceptors (Lipinski definition) is 4. The summed E-state index contributed by atoms with van der Waals surface area (Å²) < 4.78 is 28.1. The van der Waals surface area contributed by atoms with E-state index in [1.807, 2.05) is 0 Å². The molecule has 0 aliphatic carbocycles. The molecule has 1 aliphatic heterocycles. The van der Waals surface area contributed by atoms with E-state index in [9.17, 15) is 13.2 Å². The van der Waals surface area contributed by atoms with Gasteiger partial charge in [-0.25, -0.2) is 0 Å². The van der Waals surface area contributed by atoms with Crippen molar-refractivity contribution in [3.05, 3.63) is 24.0 Å². The molecule has 7 nitrogen and oxygen atoms in total. The number of carboxylic acids is 1. The standard InChI is InChI=1S/C12H17N3O4S/c1-9-8-10(5-6-13-9)14-20(18,19)15-7-3-2-4-11(15)12(16)17/h5-6,8,11H,2-4,7H2,1H3,(H,13,14)(H,16,17). The van der Waals surface area contributed by atoms with Crippen molar-refractivity contribution < 1.29 is 18.3 Å². The molecule has 1 aromatic heterocycles. The third-order valence-electron chi connectivity index (χ3n) is 3.19. The van der Waals surface area contributed by atoms with Gasteiger partial charge < -0.3 is 5.11 Å². The zero-order chi connectivity index (χ0) is 14.8. The molecule has 1 aliphatic rings. The van der Waals surface area contributed by atoms with Gasteiger partial charge in [-0.05, 0) is 38.3 Å². The number of nitrogens with zero attached hydrogens (tertiary/aromatic N) is 2. The molecule has 0 radical (unpaired) electrons. The zero-order valence-electron chi connectivity index (χ0n) is 11.1. The van der Waals surface area contributed by atoms with Crippen LogP contribution in [-0.2, 0) is 15.0 Å². The lowest BCUT2D eigenvalue weighted by Crippen LogP contribution is -2.49. The van der Waals surface area contributed by atoms with Crippen LogP contribution in [0.5, 0.6) is 0 Å². The van der Waals surface area contributed by atoms with E-state index in [0.717, 1.165) is 10.7 Å². The van der Waals surface area contributed by atoms with Crippen LogP contribution in [0.1, 0.15) is 25.0 Å². The van der Waals surface area contributed by atoms with Gasteiger partial charge in [0.1, 0.15) is 6.04 Å². The Hall–Kier alpha value is -1.67. The molecule has 1 saturated heterocycles. The van der Waals surface area contributed by atoms with Crippen molar-refractivity contribution in [1.82, 2.24) is 9.29 Å². The summed E-state index contributed by atoms with van der Waals surface area (Å²) in [6.07, 6.45) is 3.22. The fourth-order valence-electron chi connectivity index (χ4n) is 2.26. The van der Waals surface area contributed by atoms with E-state index in [1.54, 1.807) is 13.0 Å². The molecule has 0 bridgehead atoms. The van der Waals surface area contributed by atoms with Gasteiger partial charge in [-0.2, -0.15) is 12.7 Å². The summed E-state index contributed by atoms with van der Waals surface area (Å²) in [5.74, 6) is -1.11. The highest BCUT2D eigenvalue weighted by Crippen LogP contribution is 2.22. The van der Waals surface area contributed by atoms with E-state index < -0.39 is 22.2 Å². The molecule has 1 fully saturated rings. The van der Waals surface area contributed by atoms with E-state index in [4.69, 9.17) is 5.11 Å². The largest absolute Gasteiger partial charge is 0.480 e. The van der Waals surface area contributed by atoms with Gasteiger partial charge in [-0.3, -0.25) is 14.5 Å². The number of rotatable bonds is 4. The predicted octanol–water partition coefficient (Wildman–Crippen LogP) is 0.986. The first-order valence-corrected chi connectivity index (χ1v) is 7.79. The summed E-state index contributed by atoms with van der Waals surface area (Å²) in [6.45, 7) is 1.97. The van der Waals surface area contributed by atoms with Crippen LogP contribution < -0.4 is 4.72 Å². The predicted molar refractivity (Wildman–Crippen MR) is 73.5 cm³/mol. The molecule has 1 atom stereocenters. The quantitative estimate of drug-likeness (QED) is 0.863. The maximum atomic E-state index is 12.3. The SMILES string of the molecule is Cc1cc(NS(=O)(=O)N2CCCCC2C(=O)O)ccn1. The number of aliphatic carboxylic acids is 1. The highest BCUT2D eigenvalue weighted by atomic mass is 32.2. The fraction of sp³-hybridized carbons (Fsp3) is 0.500. The Morgan fingerprint density at radius 1 is 1.50 bits per heavy atom. The number of piperidine rings is 1. The molecule has 110 valence electrons. The van der Waals surface area contributed by atoms with Gasteiger partial charge in [0.05, 0.1) is 5.69 Å². The molecule has 0 spiro atoms. The van der Waals surface area contributed by atoms with Crippen molar-refractivity contribution in [3.63, 3.8) is 0 Å². The number of carbonyl (C=O) groups is 1. The second-order valence-corrected chi connectivity index (χ2v) is 6.38. The molecule has 1 unspecified atom stereocenters. The normalized spacial score (nSPS) is 20.6. The number of aromatic nitrogens is 1. The molecule has 8 heteroatoms. The van der Waals surface area contributed by atoms with E-state index in [-0.39, 0.29) is 6.54 Å². The second-order valence-electron chi connectivity index (χ2n) is 4.75. The third kappa shape index (κ3) is 3.26. The maximum Gasteiger partial charge on any atom is 0.322 e. The van der Waals surface area contributed by atoms with E-state index in [1.165, 1.54) is 12.3 Å². The number of hydrogen-bond donors (Lipinski definition) is 2. The Bertz CT molecular complexity index is 602. The van der Waals surface area contributed by atoms with Crippen LogP contribution in [0.2, 0.25) is 0 Å². The van der Waals surface area contributed by atoms with Gasteiger partial charge in [0.15, 0.2) is 0 Å². The van der Waals surface area contributed by atoms with Crippen molar-refractivity contribution in [2.24, 2.45) is 0 Å². The average molecular weight is 299 g/mol. The van der Waals surface area contributed by atoms with Crippen molar-refractivity contribution >= 4 is 21.9 Å². The van der Waals surface area contributed by atoms with E-state index >= 15 is 0 Å². The Morgan fingerprint density at radius 3 is 2.90 bits per heavy atom. The minimum absolute atomic E-state index is 0.219. The van der Waals surface area contributed by atoms with Gasteiger partial charge in [0, 0.05) is 18.4 Å². The monoisotopic (exact) mass is 299 g/mol. The minimum atomic E-state index is -3.87. The lowest BCUT2D eigenvalue weighted by molar-refractivity contribution is -0.142. The minimum Gasteiger partial charge on any atom is -0.480 e. The highest BCUT2D eigenvalue weighted by molar-refractivity contribution is 7.90. The van der Waals surface area contributed by atoms with Crippen LogP contribution in [-0.4, -0.2) is 41.4 Å². The first-order valence-electron chi connectivity index (χ1n) is 6.35. The van der Waals surface area contributed by atoms with Crippen molar-refractivity contribution in [3.8, 4) is 0 Å². The molecule has 2 rings (SSSR count). The van der Waals surface area contributed by atoms with Crippen molar-refractivity contribution in [2.45, 2.75) is 32.2 Å². The lowest BCUT2D eigenvalue weighted by atomic mass is 10.1. The fourth-order valence-corrected chi connectivity index (χ4v) is 3.70. The summed E-state index contributed by atoms with van der Waals surface area (Å²) in [6, 6.07) is 2.13. The topological polar surface area (TPSA) is 99.6 Å². The van der Waals surface area contributed by atoms with Crippen LogP contribution in [0.3, 0.4) is 0 Å². The van der Waals surface area contributed by atoms with E-state index in [0.29, 0.717) is 24.2 Å². The van der Waals surface area contributed by atoms with Gasteiger partial charge in [-0.15, -0.1) is 0 Å². The van der Waals surface area contributed by atoms with Crippen molar-refractivity contribution in [1.29, 1.82) is 0 Å². The molecule has 0 saturated carbocycles. The number of aryl methyl sites for hydroxylation is 1. The maximum absolute atomic E-state index is 12.3. The van der Waals surface area contributed by atoms with Crippen LogP contribution >= 0.6 is 0 Å². The third-order valence-corrected chi connectivity index (χ3v) is 4.74. The Morgan fingerprint density at radius 2 is 2.25 bits per heavy atom. The molecule has 0 amide bonds. The molecule has 20 heavy (non-hydrogen) atoms. The number of anilines is 1.